The molecule has 0 bridgehead atoms. The van der Waals surface area contributed by atoms with E-state index in [1.54, 1.807) is 6.26 Å². The minimum Gasteiger partial charge on any atom is -0.481 e. The van der Waals surface area contributed by atoms with Crippen molar-refractivity contribution in [1.82, 2.24) is 5.32 Å². The highest BCUT2D eigenvalue weighted by Crippen LogP contribution is 2.20. The molecule has 2 N–H and O–H groups in total. The van der Waals surface area contributed by atoms with E-state index in [-0.39, 0.29) is 6.42 Å². The fourth-order valence-electron chi connectivity index (χ4n) is 1.94. The molecule has 18 heavy (non-hydrogen) atoms. The maximum atomic E-state index is 10.3. The predicted octanol–water partition coefficient (Wildman–Crippen LogP) is 2.43. The molecule has 0 aliphatic heterocycles. The molecule has 0 atom stereocenters. The van der Waals surface area contributed by atoms with Gasteiger partial charge in [0.1, 0.15) is 5.58 Å². The monoisotopic (exact) mass is 247 g/mol. The lowest BCUT2D eigenvalue weighted by Crippen LogP contribution is -2.19. The van der Waals surface area contributed by atoms with Crippen LogP contribution in [0.4, 0.5) is 0 Å². The van der Waals surface area contributed by atoms with Crippen molar-refractivity contribution >= 4 is 16.9 Å². The van der Waals surface area contributed by atoms with Crippen molar-refractivity contribution in [3.63, 3.8) is 0 Å². The fourth-order valence-corrected chi connectivity index (χ4v) is 1.94. The Labute approximate surface area is 106 Å². The molecule has 0 radical (unpaired) electrons. The van der Waals surface area contributed by atoms with Crippen LogP contribution in [0.5, 0.6) is 0 Å². The summed E-state index contributed by atoms with van der Waals surface area (Å²) < 4.78 is 5.45. The van der Waals surface area contributed by atoms with Gasteiger partial charge in [-0.05, 0) is 37.6 Å². The number of rotatable bonds is 7. The van der Waals surface area contributed by atoms with E-state index in [2.05, 4.69) is 11.4 Å². The third kappa shape index (κ3) is 3.34. The quantitative estimate of drug-likeness (QED) is 0.738. The second kappa shape index (κ2) is 6.21. The van der Waals surface area contributed by atoms with Gasteiger partial charge in [0.05, 0.1) is 6.26 Å². The maximum absolute atomic E-state index is 10.3. The van der Waals surface area contributed by atoms with E-state index in [4.69, 9.17) is 9.52 Å². The fraction of sp³-hybridized carbons (Fsp3) is 0.357. The highest BCUT2D eigenvalue weighted by Gasteiger charge is 2.04. The van der Waals surface area contributed by atoms with Crippen molar-refractivity contribution in [2.75, 3.05) is 13.1 Å². The van der Waals surface area contributed by atoms with Crippen molar-refractivity contribution < 1.29 is 14.3 Å². The molecule has 0 saturated heterocycles. The number of fused-ring (bicyclic) bond motifs is 1. The Kier molecular flexibility index (Phi) is 4.36. The Hall–Kier alpha value is -1.81. The summed E-state index contributed by atoms with van der Waals surface area (Å²) in [5, 5.41) is 12.9. The molecule has 0 saturated carbocycles. The van der Waals surface area contributed by atoms with Crippen molar-refractivity contribution in [3.05, 3.63) is 36.1 Å². The van der Waals surface area contributed by atoms with Crippen LogP contribution in [0.2, 0.25) is 0 Å². The minimum atomic E-state index is -0.738. The molecular formula is C14H17NO3. The summed E-state index contributed by atoms with van der Waals surface area (Å²) in [6.07, 6.45) is 3.58. The van der Waals surface area contributed by atoms with Crippen LogP contribution in [-0.2, 0) is 11.2 Å². The standard InChI is InChI=1S/C14H17NO3/c16-14(17)6-3-8-15-9-7-11-10-18-13-5-2-1-4-12(11)13/h1-2,4-5,10,15H,3,6-9H2,(H,16,17). The predicted molar refractivity (Wildman–Crippen MR) is 69.7 cm³/mol. The number of para-hydroxylation sites is 1. The zero-order chi connectivity index (χ0) is 12.8. The first-order chi connectivity index (χ1) is 8.77. The molecule has 0 fully saturated rings. The van der Waals surface area contributed by atoms with Crippen molar-refractivity contribution in [2.45, 2.75) is 19.3 Å². The van der Waals surface area contributed by atoms with Gasteiger partial charge in [0.15, 0.2) is 0 Å². The zero-order valence-corrected chi connectivity index (χ0v) is 10.2. The zero-order valence-electron chi connectivity index (χ0n) is 10.2. The summed E-state index contributed by atoms with van der Waals surface area (Å²) in [5.74, 6) is -0.738. The van der Waals surface area contributed by atoms with E-state index < -0.39 is 5.97 Å². The van der Waals surface area contributed by atoms with Gasteiger partial charge in [-0.25, -0.2) is 0 Å². The number of hydrogen-bond acceptors (Lipinski definition) is 3. The van der Waals surface area contributed by atoms with Gasteiger partial charge in [0.25, 0.3) is 0 Å². The molecule has 0 aliphatic rings. The molecule has 96 valence electrons. The molecule has 2 rings (SSSR count). The van der Waals surface area contributed by atoms with E-state index in [1.165, 1.54) is 5.56 Å². The highest BCUT2D eigenvalue weighted by atomic mass is 16.4. The number of carboxylic acids is 1. The largest absolute Gasteiger partial charge is 0.481 e. The third-order valence-electron chi connectivity index (χ3n) is 2.88. The number of carboxylic acid groups (broad SMARTS) is 1. The van der Waals surface area contributed by atoms with Gasteiger partial charge in [-0.3, -0.25) is 4.79 Å². The maximum Gasteiger partial charge on any atom is 0.303 e. The molecule has 0 spiro atoms. The Balaban J connectivity index is 1.75. The summed E-state index contributed by atoms with van der Waals surface area (Å²) in [5.41, 5.74) is 2.11. The van der Waals surface area contributed by atoms with Gasteiger partial charge < -0.3 is 14.8 Å². The lowest BCUT2D eigenvalue weighted by molar-refractivity contribution is -0.137. The Bertz CT molecular complexity index is 518. The van der Waals surface area contributed by atoms with Crippen molar-refractivity contribution in [3.8, 4) is 0 Å². The number of benzene rings is 1. The molecule has 0 aliphatic carbocycles. The van der Waals surface area contributed by atoms with Crippen LogP contribution in [0, 0.1) is 0 Å². The van der Waals surface area contributed by atoms with E-state index in [9.17, 15) is 4.79 Å². The molecule has 1 heterocycles. The molecule has 2 aromatic rings. The molecule has 4 nitrogen and oxygen atoms in total. The number of aliphatic carboxylic acids is 1. The summed E-state index contributed by atoms with van der Waals surface area (Å²) in [7, 11) is 0. The summed E-state index contributed by atoms with van der Waals surface area (Å²) in [4.78, 5) is 10.3. The number of furan rings is 1. The van der Waals surface area contributed by atoms with Crippen LogP contribution in [-0.4, -0.2) is 24.2 Å². The van der Waals surface area contributed by atoms with E-state index in [1.807, 2.05) is 18.2 Å². The van der Waals surface area contributed by atoms with Crippen LogP contribution < -0.4 is 5.32 Å². The van der Waals surface area contributed by atoms with E-state index in [0.717, 1.165) is 30.5 Å². The van der Waals surface area contributed by atoms with Crippen LogP contribution in [0.1, 0.15) is 18.4 Å². The second-order valence-corrected chi connectivity index (χ2v) is 4.25. The summed E-state index contributed by atoms with van der Waals surface area (Å²) >= 11 is 0. The first-order valence-corrected chi connectivity index (χ1v) is 6.15. The normalized spacial score (nSPS) is 10.9. The lowest BCUT2D eigenvalue weighted by atomic mass is 10.1. The molecular weight excluding hydrogens is 230 g/mol. The summed E-state index contributed by atoms with van der Waals surface area (Å²) in [6, 6.07) is 7.97. The average molecular weight is 247 g/mol. The number of nitrogens with one attached hydrogen (secondary N) is 1. The van der Waals surface area contributed by atoms with Crippen LogP contribution >= 0.6 is 0 Å². The molecule has 1 aromatic heterocycles. The SMILES string of the molecule is O=C(O)CCCNCCc1coc2ccccc12. The van der Waals surface area contributed by atoms with E-state index in [0.29, 0.717) is 6.42 Å². The van der Waals surface area contributed by atoms with Gasteiger partial charge in [-0.2, -0.15) is 0 Å². The van der Waals surface area contributed by atoms with Gasteiger partial charge in [0, 0.05) is 11.8 Å². The van der Waals surface area contributed by atoms with Crippen LogP contribution in [0.25, 0.3) is 11.0 Å². The van der Waals surface area contributed by atoms with Crippen molar-refractivity contribution in [2.24, 2.45) is 0 Å². The number of carbonyl (C=O) groups is 1. The Morgan fingerprint density at radius 1 is 1.28 bits per heavy atom. The van der Waals surface area contributed by atoms with Crippen LogP contribution in [0.3, 0.4) is 0 Å². The van der Waals surface area contributed by atoms with Crippen LogP contribution in [0.15, 0.2) is 34.9 Å². The lowest BCUT2D eigenvalue weighted by Gasteiger charge is -2.02. The molecule has 0 amide bonds. The molecule has 4 heteroatoms. The summed E-state index contributed by atoms with van der Waals surface area (Å²) in [6.45, 7) is 1.57. The van der Waals surface area contributed by atoms with Gasteiger partial charge in [0.2, 0.25) is 0 Å². The topological polar surface area (TPSA) is 62.5 Å². The first-order valence-electron chi connectivity index (χ1n) is 6.15. The smallest absolute Gasteiger partial charge is 0.303 e. The molecule has 0 unspecified atom stereocenters. The number of hydrogen-bond donors (Lipinski definition) is 2. The first kappa shape index (κ1) is 12.6. The second-order valence-electron chi connectivity index (χ2n) is 4.25. The van der Waals surface area contributed by atoms with Gasteiger partial charge in [-0.15, -0.1) is 0 Å². The van der Waals surface area contributed by atoms with E-state index >= 15 is 0 Å². The Morgan fingerprint density at radius 3 is 2.94 bits per heavy atom. The van der Waals surface area contributed by atoms with Gasteiger partial charge >= 0.3 is 5.97 Å². The average Bonchev–Trinajstić information content (AvgIpc) is 2.77. The van der Waals surface area contributed by atoms with Gasteiger partial charge in [-0.1, -0.05) is 18.2 Å². The highest BCUT2D eigenvalue weighted by molar-refractivity contribution is 5.80. The third-order valence-corrected chi connectivity index (χ3v) is 2.88. The minimum absolute atomic E-state index is 0.224. The Morgan fingerprint density at radius 2 is 2.11 bits per heavy atom. The molecule has 1 aromatic carbocycles. The van der Waals surface area contributed by atoms with Crippen molar-refractivity contribution in [1.29, 1.82) is 0 Å².